The molecule has 0 aromatic heterocycles. The molecule has 0 amide bonds. The molecule has 3 rings (SSSR count). The number of nitrogens with zero attached hydrogens (tertiary/aromatic N) is 1. The highest BCUT2D eigenvalue weighted by Crippen LogP contribution is 2.34. The number of hydrogen-bond acceptors (Lipinski definition) is 2. The Kier molecular flexibility index (Phi) is 6.12. The summed E-state index contributed by atoms with van der Waals surface area (Å²) in [5.41, 5.74) is 2.46. The van der Waals surface area contributed by atoms with E-state index in [9.17, 15) is 0 Å². The molecule has 1 aromatic carbocycles. The van der Waals surface area contributed by atoms with E-state index >= 15 is 0 Å². The predicted octanol–water partition coefficient (Wildman–Crippen LogP) is 4.33. The van der Waals surface area contributed by atoms with Crippen LogP contribution in [0.1, 0.15) is 57.9 Å². The molecule has 2 fully saturated rings. The molecule has 4 heteroatoms. The number of piperidine rings is 2. The van der Waals surface area contributed by atoms with E-state index in [2.05, 4.69) is 53.6 Å². The third kappa shape index (κ3) is 4.09. The van der Waals surface area contributed by atoms with Crippen LogP contribution < -0.4 is 10.6 Å². The van der Waals surface area contributed by atoms with Crippen LogP contribution in [-0.2, 0) is 6.42 Å². The van der Waals surface area contributed by atoms with Gasteiger partial charge in [-0.1, -0.05) is 38.5 Å². The van der Waals surface area contributed by atoms with E-state index in [1.165, 1.54) is 50.6 Å². The normalized spacial score (nSPS) is 26.8. The van der Waals surface area contributed by atoms with Crippen molar-refractivity contribution in [3.05, 3.63) is 29.8 Å². The largest absolute Gasteiger partial charge is 0.360 e. The minimum Gasteiger partial charge on any atom is -0.360 e. The maximum atomic E-state index is 5.60. The number of fused-ring (bicyclic) bond motifs is 2. The van der Waals surface area contributed by atoms with E-state index in [-0.39, 0.29) is 0 Å². The van der Waals surface area contributed by atoms with Gasteiger partial charge in [0.15, 0.2) is 5.11 Å². The summed E-state index contributed by atoms with van der Waals surface area (Å²) in [4.78, 5) is 2.77. The predicted molar refractivity (Wildman–Crippen MR) is 107 cm³/mol. The van der Waals surface area contributed by atoms with Gasteiger partial charge in [0.05, 0.1) is 0 Å². The minimum atomic E-state index is 0.516. The van der Waals surface area contributed by atoms with Crippen LogP contribution in [0.15, 0.2) is 24.3 Å². The molecule has 2 aliphatic rings. The number of thiocarbonyl (C=S) groups is 1. The fraction of sp³-hybridized carbons (Fsp3) is 0.650. The third-order valence-corrected chi connectivity index (χ3v) is 5.81. The van der Waals surface area contributed by atoms with Gasteiger partial charge in [0.2, 0.25) is 0 Å². The Morgan fingerprint density at radius 3 is 2.54 bits per heavy atom. The minimum absolute atomic E-state index is 0.516. The standard InChI is InChI=1S/C20H31N3S/c1-3-12-23-17-9-7-10-18(23)14-16(13-17)21-20(24)22-19-11-6-5-8-15(19)4-2/h5-6,8,11,16-18H,3-4,7,9-10,12-14H2,1-2H3,(H2,21,22,24)/t17-,18-/m1/s1. The number of anilines is 1. The van der Waals surface area contributed by atoms with E-state index in [1.54, 1.807) is 0 Å². The van der Waals surface area contributed by atoms with Crippen LogP contribution >= 0.6 is 12.2 Å². The van der Waals surface area contributed by atoms with Gasteiger partial charge in [-0.2, -0.15) is 0 Å². The molecule has 2 bridgehead atoms. The first kappa shape index (κ1) is 17.7. The number of para-hydroxylation sites is 1. The van der Waals surface area contributed by atoms with Gasteiger partial charge in [-0.3, -0.25) is 4.90 Å². The fourth-order valence-corrected chi connectivity index (χ4v) is 4.79. The summed E-state index contributed by atoms with van der Waals surface area (Å²) in [6.07, 6.45) is 8.85. The van der Waals surface area contributed by atoms with Gasteiger partial charge in [-0.15, -0.1) is 0 Å². The van der Waals surface area contributed by atoms with Gasteiger partial charge >= 0.3 is 0 Å². The highest BCUT2D eigenvalue weighted by molar-refractivity contribution is 7.80. The molecule has 0 aliphatic carbocycles. The number of nitrogens with one attached hydrogen (secondary N) is 2. The molecule has 2 saturated heterocycles. The van der Waals surface area contributed by atoms with Crippen LogP contribution in [0.4, 0.5) is 5.69 Å². The van der Waals surface area contributed by atoms with Gasteiger partial charge in [-0.25, -0.2) is 0 Å². The van der Waals surface area contributed by atoms with Gasteiger partial charge in [0, 0.05) is 23.8 Å². The first-order valence-corrected chi connectivity index (χ1v) is 10.0. The molecule has 2 aliphatic heterocycles. The summed E-state index contributed by atoms with van der Waals surface area (Å²) in [7, 11) is 0. The lowest BCUT2D eigenvalue weighted by Gasteiger charge is -2.49. The Morgan fingerprint density at radius 2 is 1.88 bits per heavy atom. The average Bonchev–Trinajstić information content (AvgIpc) is 2.56. The summed E-state index contributed by atoms with van der Waals surface area (Å²) in [5, 5.41) is 7.80. The summed E-state index contributed by atoms with van der Waals surface area (Å²) in [6.45, 7) is 5.74. The molecular weight excluding hydrogens is 314 g/mol. The van der Waals surface area contributed by atoms with Crippen molar-refractivity contribution in [2.75, 3.05) is 11.9 Å². The molecule has 2 atom stereocenters. The third-order valence-electron chi connectivity index (χ3n) is 5.59. The van der Waals surface area contributed by atoms with Crippen LogP contribution in [0, 0.1) is 0 Å². The van der Waals surface area contributed by atoms with Gasteiger partial charge < -0.3 is 10.6 Å². The molecule has 0 saturated carbocycles. The van der Waals surface area contributed by atoms with Crippen molar-refractivity contribution in [1.29, 1.82) is 0 Å². The topological polar surface area (TPSA) is 27.3 Å². The van der Waals surface area contributed by atoms with E-state index in [4.69, 9.17) is 12.2 Å². The van der Waals surface area contributed by atoms with Crippen molar-refractivity contribution in [3.63, 3.8) is 0 Å². The lowest BCUT2D eigenvalue weighted by atomic mass is 9.81. The van der Waals surface area contributed by atoms with E-state index < -0.39 is 0 Å². The zero-order valence-electron chi connectivity index (χ0n) is 15.1. The van der Waals surface area contributed by atoms with E-state index in [0.29, 0.717) is 6.04 Å². The molecule has 0 unspecified atom stereocenters. The highest BCUT2D eigenvalue weighted by Gasteiger charge is 2.37. The summed E-state index contributed by atoms with van der Waals surface area (Å²) in [6, 6.07) is 10.5. The Bertz CT molecular complexity index is 546. The Morgan fingerprint density at radius 1 is 1.17 bits per heavy atom. The lowest BCUT2D eigenvalue weighted by molar-refractivity contribution is 0.0284. The monoisotopic (exact) mass is 345 g/mol. The smallest absolute Gasteiger partial charge is 0.171 e. The van der Waals surface area contributed by atoms with Crippen molar-refractivity contribution in [3.8, 4) is 0 Å². The molecule has 3 nitrogen and oxygen atoms in total. The Labute approximate surface area is 152 Å². The van der Waals surface area contributed by atoms with Crippen molar-refractivity contribution in [2.24, 2.45) is 0 Å². The van der Waals surface area contributed by atoms with Crippen LogP contribution in [0.25, 0.3) is 0 Å². The number of aryl methyl sites for hydroxylation is 1. The van der Waals surface area contributed by atoms with Crippen molar-refractivity contribution >= 4 is 23.0 Å². The van der Waals surface area contributed by atoms with E-state index in [0.717, 1.165) is 29.3 Å². The average molecular weight is 346 g/mol. The number of rotatable bonds is 5. The highest BCUT2D eigenvalue weighted by atomic mass is 32.1. The maximum absolute atomic E-state index is 5.60. The van der Waals surface area contributed by atoms with Crippen molar-refractivity contribution in [2.45, 2.75) is 76.9 Å². The molecule has 132 valence electrons. The summed E-state index contributed by atoms with van der Waals surface area (Å²) >= 11 is 5.60. The SMILES string of the molecule is CCCN1[C@@H]2CCC[C@@H]1CC(NC(=S)Nc1ccccc1CC)C2. The van der Waals surface area contributed by atoms with Crippen LogP contribution in [0.5, 0.6) is 0 Å². The first-order valence-electron chi connectivity index (χ1n) is 9.62. The summed E-state index contributed by atoms with van der Waals surface area (Å²) < 4.78 is 0. The fourth-order valence-electron chi connectivity index (χ4n) is 4.51. The zero-order valence-corrected chi connectivity index (χ0v) is 15.9. The Hall–Kier alpha value is -1.13. The Balaban J connectivity index is 1.57. The van der Waals surface area contributed by atoms with Gasteiger partial charge in [0.1, 0.15) is 0 Å². The second kappa shape index (κ2) is 8.30. The lowest BCUT2D eigenvalue weighted by Crippen LogP contribution is -2.57. The number of benzene rings is 1. The van der Waals surface area contributed by atoms with Crippen LogP contribution in [0.3, 0.4) is 0 Å². The van der Waals surface area contributed by atoms with Crippen molar-refractivity contribution in [1.82, 2.24) is 10.2 Å². The van der Waals surface area contributed by atoms with Gasteiger partial charge in [-0.05, 0) is 68.9 Å². The zero-order chi connectivity index (χ0) is 16.9. The second-order valence-corrected chi connectivity index (χ2v) is 7.66. The first-order chi connectivity index (χ1) is 11.7. The van der Waals surface area contributed by atoms with Crippen LogP contribution in [-0.4, -0.2) is 34.7 Å². The molecule has 2 heterocycles. The molecule has 0 spiro atoms. The molecule has 0 radical (unpaired) electrons. The van der Waals surface area contributed by atoms with Crippen LogP contribution in [0.2, 0.25) is 0 Å². The van der Waals surface area contributed by atoms with Gasteiger partial charge in [0.25, 0.3) is 0 Å². The molecule has 24 heavy (non-hydrogen) atoms. The summed E-state index contributed by atoms with van der Waals surface area (Å²) in [5.74, 6) is 0. The molecule has 2 N–H and O–H groups in total. The quantitative estimate of drug-likeness (QED) is 0.777. The molecule has 1 aromatic rings. The maximum Gasteiger partial charge on any atom is 0.171 e. The van der Waals surface area contributed by atoms with E-state index in [1.807, 2.05) is 0 Å². The molecular formula is C20H31N3S. The van der Waals surface area contributed by atoms with Crippen molar-refractivity contribution < 1.29 is 0 Å². The number of hydrogen-bond donors (Lipinski definition) is 2. The second-order valence-electron chi connectivity index (χ2n) is 7.25.